The Labute approximate surface area is 163 Å². The first-order chi connectivity index (χ1) is 12.8. The van der Waals surface area contributed by atoms with Crippen molar-refractivity contribution in [2.45, 2.75) is 84.0 Å². The molecule has 150 valence electrons. The number of allylic oxidation sites excluding steroid dienone is 1. The maximum Gasteiger partial charge on any atom is 0.0946 e. The minimum atomic E-state index is -0.439. The fourth-order valence-electron chi connectivity index (χ4n) is 6.72. The minimum absolute atomic E-state index is 0.102. The van der Waals surface area contributed by atoms with E-state index in [2.05, 4.69) is 25.4 Å². The van der Waals surface area contributed by atoms with E-state index in [-0.39, 0.29) is 17.4 Å². The summed E-state index contributed by atoms with van der Waals surface area (Å²) in [6.07, 6.45) is 13.5. The van der Waals surface area contributed by atoms with Gasteiger partial charge in [0.1, 0.15) is 0 Å². The van der Waals surface area contributed by atoms with E-state index in [1.165, 1.54) is 37.7 Å². The summed E-state index contributed by atoms with van der Waals surface area (Å²) in [7, 11) is 0. The molecule has 4 heteroatoms. The van der Waals surface area contributed by atoms with Crippen molar-refractivity contribution in [2.24, 2.45) is 28.6 Å². The number of nitrogens with zero attached hydrogens (tertiary/aromatic N) is 2. The van der Waals surface area contributed by atoms with Crippen LogP contribution < -0.4 is 0 Å². The van der Waals surface area contributed by atoms with Crippen molar-refractivity contribution in [1.29, 1.82) is 0 Å². The van der Waals surface area contributed by atoms with Crippen LogP contribution in [0.1, 0.15) is 65.2 Å². The molecule has 1 aromatic heterocycles. The summed E-state index contributed by atoms with van der Waals surface area (Å²) < 4.78 is 1.96. The normalized spacial score (nSPS) is 43.5. The van der Waals surface area contributed by atoms with Crippen LogP contribution in [0.4, 0.5) is 0 Å². The van der Waals surface area contributed by atoms with Crippen molar-refractivity contribution < 1.29 is 10.2 Å². The fourth-order valence-corrected chi connectivity index (χ4v) is 6.72. The highest BCUT2D eigenvalue weighted by Crippen LogP contribution is 2.61. The lowest BCUT2D eigenvalue weighted by atomic mass is 9.52. The Morgan fingerprint density at radius 2 is 2.04 bits per heavy atom. The molecule has 4 rings (SSSR count). The number of hydrogen-bond acceptors (Lipinski definition) is 3. The van der Waals surface area contributed by atoms with Crippen molar-refractivity contribution in [3.05, 3.63) is 30.9 Å². The zero-order valence-corrected chi connectivity index (χ0v) is 17.0. The highest BCUT2D eigenvalue weighted by Gasteiger charge is 2.53. The van der Waals surface area contributed by atoms with E-state index in [1.54, 1.807) is 12.5 Å². The second-order valence-corrected chi connectivity index (χ2v) is 10.1. The van der Waals surface area contributed by atoms with Crippen LogP contribution in [0.5, 0.6) is 0 Å². The summed E-state index contributed by atoms with van der Waals surface area (Å²) >= 11 is 0. The smallest absolute Gasteiger partial charge is 0.0946 e. The standard InChI is InChI=1S/C23H36N2O2/c1-16-4-5-17-12-18(6-8-22(16,17)2)23(3)9-7-19(26)13-20(23)21(27)14-25-11-10-24-15-25/h10-11,15,17-21,26-27H,1,4-9,12-14H2,2-3H3/t17?,18?,19-,20+,21?,22+,23+/m0/s1. The molecule has 3 fully saturated rings. The number of aromatic nitrogens is 2. The molecule has 7 atom stereocenters. The largest absolute Gasteiger partial charge is 0.393 e. The van der Waals surface area contributed by atoms with E-state index < -0.39 is 6.10 Å². The van der Waals surface area contributed by atoms with Crippen LogP contribution in [0.25, 0.3) is 0 Å². The van der Waals surface area contributed by atoms with Crippen LogP contribution in [0.3, 0.4) is 0 Å². The van der Waals surface area contributed by atoms with E-state index >= 15 is 0 Å². The third-order valence-corrected chi connectivity index (χ3v) is 8.83. The van der Waals surface area contributed by atoms with Gasteiger partial charge in [-0.05, 0) is 80.0 Å². The molecule has 3 aliphatic rings. The number of imidazole rings is 1. The molecule has 0 aliphatic heterocycles. The highest BCUT2D eigenvalue weighted by molar-refractivity contribution is 5.19. The topological polar surface area (TPSA) is 58.3 Å². The van der Waals surface area contributed by atoms with Crippen LogP contribution >= 0.6 is 0 Å². The molecule has 27 heavy (non-hydrogen) atoms. The first-order valence-electron chi connectivity index (χ1n) is 10.8. The van der Waals surface area contributed by atoms with Crippen molar-refractivity contribution in [2.75, 3.05) is 0 Å². The van der Waals surface area contributed by atoms with Gasteiger partial charge in [-0.15, -0.1) is 0 Å². The van der Waals surface area contributed by atoms with Crippen molar-refractivity contribution >= 4 is 0 Å². The zero-order chi connectivity index (χ0) is 19.2. The summed E-state index contributed by atoms with van der Waals surface area (Å²) in [4.78, 5) is 4.11. The summed E-state index contributed by atoms with van der Waals surface area (Å²) in [5.74, 6) is 1.53. The van der Waals surface area contributed by atoms with Gasteiger partial charge in [0, 0.05) is 18.9 Å². The predicted octanol–water partition coefficient (Wildman–Crippen LogP) is 4.18. The van der Waals surface area contributed by atoms with Gasteiger partial charge in [-0.1, -0.05) is 26.0 Å². The van der Waals surface area contributed by atoms with E-state index in [0.717, 1.165) is 25.2 Å². The molecule has 3 saturated carbocycles. The number of aliphatic hydroxyl groups excluding tert-OH is 2. The van der Waals surface area contributed by atoms with Crippen molar-refractivity contribution in [3.8, 4) is 0 Å². The van der Waals surface area contributed by atoms with Gasteiger partial charge in [0.15, 0.2) is 0 Å². The molecule has 0 amide bonds. The Balaban J connectivity index is 1.54. The third kappa shape index (κ3) is 3.29. The van der Waals surface area contributed by atoms with Crippen molar-refractivity contribution in [1.82, 2.24) is 9.55 Å². The SMILES string of the molecule is C=C1CCC2CC([C@@]3(C)CC[C@H](O)C[C@@H]3C(O)Cn3ccnc3)CC[C@]12C. The Hall–Kier alpha value is -1.13. The number of fused-ring (bicyclic) bond motifs is 1. The maximum atomic E-state index is 11.1. The molecular formula is C23H36N2O2. The lowest BCUT2D eigenvalue weighted by Crippen LogP contribution is -2.50. The Morgan fingerprint density at radius 1 is 1.22 bits per heavy atom. The van der Waals surface area contributed by atoms with Crippen LogP contribution in [-0.4, -0.2) is 32.0 Å². The third-order valence-electron chi connectivity index (χ3n) is 8.83. The van der Waals surface area contributed by atoms with Gasteiger partial charge in [-0.25, -0.2) is 4.98 Å². The molecule has 4 nitrogen and oxygen atoms in total. The molecule has 3 aliphatic carbocycles. The predicted molar refractivity (Wildman–Crippen MR) is 107 cm³/mol. The molecule has 0 spiro atoms. The van der Waals surface area contributed by atoms with Crippen molar-refractivity contribution in [3.63, 3.8) is 0 Å². The molecule has 0 radical (unpaired) electrons. The summed E-state index contributed by atoms with van der Waals surface area (Å²) in [5, 5.41) is 21.5. The van der Waals surface area contributed by atoms with Gasteiger partial charge in [-0.2, -0.15) is 0 Å². The molecule has 0 saturated heterocycles. The van der Waals surface area contributed by atoms with Crippen LogP contribution in [0, 0.1) is 28.6 Å². The molecule has 3 unspecified atom stereocenters. The Kier molecular flexibility index (Phi) is 5.00. The minimum Gasteiger partial charge on any atom is -0.393 e. The number of rotatable bonds is 4. The van der Waals surface area contributed by atoms with Gasteiger partial charge in [0.2, 0.25) is 0 Å². The lowest BCUT2D eigenvalue weighted by Gasteiger charge is -2.54. The number of aliphatic hydroxyl groups is 2. The Morgan fingerprint density at radius 3 is 2.78 bits per heavy atom. The first-order valence-corrected chi connectivity index (χ1v) is 10.8. The first kappa shape index (κ1) is 19.2. The van der Waals surface area contributed by atoms with Gasteiger partial charge in [-0.3, -0.25) is 0 Å². The van der Waals surface area contributed by atoms with E-state index in [9.17, 15) is 10.2 Å². The number of hydrogen-bond donors (Lipinski definition) is 2. The molecule has 0 aromatic carbocycles. The van der Waals surface area contributed by atoms with Gasteiger partial charge in [0.05, 0.1) is 18.5 Å². The molecule has 1 aromatic rings. The zero-order valence-electron chi connectivity index (χ0n) is 17.0. The van der Waals surface area contributed by atoms with Gasteiger partial charge >= 0.3 is 0 Å². The van der Waals surface area contributed by atoms with E-state index in [4.69, 9.17) is 0 Å². The van der Waals surface area contributed by atoms with Crippen LogP contribution in [-0.2, 0) is 6.54 Å². The Bertz CT molecular complexity index is 672. The average Bonchev–Trinajstić information content (AvgIpc) is 3.25. The van der Waals surface area contributed by atoms with Crippen LogP contribution in [0.2, 0.25) is 0 Å². The van der Waals surface area contributed by atoms with Gasteiger partial charge < -0.3 is 14.8 Å². The highest BCUT2D eigenvalue weighted by atomic mass is 16.3. The van der Waals surface area contributed by atoms with E-state index in [1.807, 2.05) is 10.8 Å². The lowest BCUT2D eigenvalue weighted by molar-refractivity contribution is -0.0979. The molecule has 0 bridgehead atoms. The monoisotopic (exact) mass is 372 g/mol. The van der Waals surface area contributed by atoms with Gasteiger partial charge in [0.25, 0.3) is 0 Å². The maximum absolute atomic E-state index is 11.1. The summed E-state index contributed by atoms with van der Waals surface area (Å²) in [5.41, 5.74) is 1.91. The molecular weight excluding hydrogens is 336 g/mol. The van der Waals surface area contributed by atoms with E-state index in [0.29, 0.717) is 17.9 Å². The second kappa shape index (κ2) is 7.04. The quantitative estimate of drug-likeness (QED) is 0.780. The fraction of sp³-hybridized carbons (Fsp3) is 0.783. The average molecular weight is 373 g/mol. The summed E-state index contributed by atoms with van der Waals surface area (Å²) in [6.45, 7) is 9.78. The second-order valence-electron chi connectivity index (χ2n) is 10.1. The molecule has 2 N–H and O–H groups in total. The molecule has 1 heterocycles. The summed E-state index contributed by atoms with van der Waals surface area (Å²) in [6, 6.07) is 0. The van der Waals surface area contributed by atoms with Crippen LogP contribution in [0.15, 0.2) is 30.9 Å².